The number of hydrogen-bond acceptors (Lipinski definition) is 4. The largest absolute Gasteiger partial charge is 0.478 e. The normalized spacial score (nSPS) is 11.1. The molecule has 0 aliphatic carbocycles. The topological polar surface area (TPSA) is 79.5 Å². The van der Waals surface area contributed by atoms with E-state index in [-0.39, 0.29) is 5.56 Å². The number of carboxylic acids is 1. The monoisotopic (exact) mass is 332 g/mol. The molecule has 0 amide bonds. The minimum atomic E-state index is -0.976. The highest BCUT2D eigenvalue weighted by molar-refractivity contribution is 5.98. The highest BCUT2D eigenvalue weighted by Crippen LogP contribution is 2.25. The van der Waals surface area contributed by atoms with Gasteiger partial charge in [-0.2, -0.15) is 0 Å². The highest BCUT2D eigenvalue weighted by atomic mass is 16.4. The van der Waals surface area contributed by atoms with Crippen LogP contribution in [0.1, 0.15) is 21.6 Å². The molecule has 124 valence electrons. The summed E-state index contributed by atoms with van der Waals surface area (Å²) in [7, 11) is 0. The number of aryl methyl sites for hydroxylation is 2. The first kappa shape index (κ1) is 15.1. The Labute approximate surface area is 143 Å². The number of anilines is 2. The van der Waals surface area contributed by atoms with Gasteiger partial charge in [-0.1, -0.05) is 12.1 Å². The second-order valence-corrected chi connectivity index (χ2v) is 6.04. The molecule has 2 heterocycles. The number of fused-ring (bicyclic) bond motifs is 3. The Morgan fingerprint density at radius 3 is 2.72 bits per heavy atom. The van der Waals surface area contributed by atoms with Gasteiger partial charge in [0, 0.05) is 17.3 Å². The summed E-state index contributed by atoms with van der Waals surface area (Å²) in [6.07, 6.45) is 1.91. The molecule has 0 aliphatic rings. The summed E-state index contributed by atoms with van der Waals surface area (Å²) in [6.45, 7) is 3.94. The third-order valence-electron chi connectivity index (χ3n) is 4.04. The lowest BCUT2D eigenvalue weighted by Crippen LogP contribution is -2.03. The molecule has 6 heteroatoms. The van der Waals surface area contributed by atoms with Gasteiger partial charge in [-0.25, -0.2) is 14.8 Å². The van der Waals surface area contributed by atoms with E-state index in [4.69, 9.17) is 0 Å². The van der Waals surface area contributed by atoms with Gasteiger partial charge in [-0.15, -0.1) is 0 Å². The van der Waals surface area contributed by atoms with E-state index in [0.717, 1.165) is 28.0 Å². The van der Waals surface area contributed by atoms with E-state index in [1.165, 1.54) is 0 Å². The van der Waals surface area contributed by atoms with Crippen molar-refractivity contribution in [1.29, 1.82) is 0 Å². The van der Waals surface area contributed by atoms with Crippen LogP contribution in [0, 0.1) is 13.8 Å². The van der Waals surface area contributed by atoms with Gasteiger partial charge >= 0.3 is 5.97 Å². The minimum absolute atomic E-state index is 0.203. The Bertz CT molecular complexity index is 1130. The van der Waals surface area contributed by atoms with E-state index >= 15 is 0 Å². The van der Waals surface area contributed by atoms with Crippen molar-refractivity contribution < 1.29 is 9.90 Å². The fraction of sp³-hybridized carbons (Fsp3) is 0.105. The molecule has 0 saturated carbocycles. The van der Waals surface area contributed by atoms with E-state index < -0.39 is 5.97 Å². The van der Waals surface area contributed by atoms with Crippen molar-refractivity contribution in [3.63, 3.8) is 0 Å². The molecule has 25 heavy (non-hydrogen) atoms. The molecule has 2 N–H and O–H groups in total. The molecule has 0 aliphatic heterocycles. The summed E-state index contributed by atoms with van der Waals surface area (Å²) >= 11 is 0. The van der Waals surface area contributed by atoms with Crippen molar-refractivity contribution in [2.75, 3.05) is 5.32 Å². The van der Waals surface area contributed by atoms with E-state index in [1.807, 2.05) is 48.7 Å². The SMILES string of the molecule is Cc1cccc(Nc2nc3cc(C(=O)O)ccc3c3nc(C)cn23)c1. The summed E-state index contributed by atoms with van der Waals surface area (Å²) in [5.41, 5.74) is 4.45. The first-order valence-electron chi connectivity index (χ1n) is 7.88. The molecule has 4 aromatic rings. The van der Waals surface area contributed by atoms with Crippen molar-refractivity contribution in [1.82, 2.24) is 14.4 Å². The molecule has 0 unspecified atom stereocenters. The molecular weight excluding hydrogens is 316 g/mol. The molecule has 2 aromatic heterocycles. The van der Waals surface area contributed by atoms with Gasteiger partial charge in [0.25, 0.3) is 0 Å². The highest BCUT2D eigenvalue weighted by Gasteiger charge is 2.13. The van der Waals surface area contributed by atoms with Crippen LogP contribution in [-0.2, 0) is 0 Å². The Hall–Kier alpha value is -3.41. The number of nitrogens with zero attached hydrogens (tertiary/aromatic N) is 3. The van der Waals surface area contributed by atoms with Crippen LogP contribution in [0.3, 0.4) is 0 Å². The average molecular weight is 332 g/mol. The molecule has 4 rings (SSSR count). The van der Waals surface area contributed by atoms with E-state index in [9.17, 15) is 9.90 Å². The smallest absolute Gasteiger partial charge is 0.335 e. The Morgan fingerprint density at radius 1 is 1.12 bits per heavy atom. The van der Waals surface area contributed by atoms with Crippen molar-refractivity contribution in [2.24, 2.45) is 0 Å². The van der Waals surface area contributed by atoms with E-state index in [2.05, 4.69) is 15.3 Å². The van der Waals surface area contributed by atoms with Crippen molar-refractivity contribution in [3.05, 3.63) is 65.5 Å². The molecule has 6 nitrogen and oxygen atoms in total. The molecule has 0 radical (unpaired) electrons. The zero-order valence-electron chi connectivity index (χ0n) is 13.8. The lowest BCUT2D eigenvalue weighted by Gasteiger charge is -2.11. The number of nitrogens with one attached hydrogen (secondary N) is 1. The second kappa shape index (κ2) is 5.59. The summed E-state index contributed by atoms with van der Waals surface area (Å²) in [6, 6.07) is 12.9. The zero-order chi connectivity index (χ0) is 17.6. The summed E-state index contributed by atoms with van der Waals surface area (Å²) in [5, 5.41) is 13.4. The molecule has 0 bridgehead atoms. The van der Waals surface area contributed by atoms with Crippen molar-refractivity contribution in [2.45, 2.75) is 13.8 Å². The number of carbonyl (C=O) groups is 1. The fourth-order valence-electron chi connectivity index (χ4n) is 2.90. The van der Waals surface area contributed by atoms with Gasteiger partial charge in [0.1, 0.15) is 5.65 Å². The lowest BCUT2D eigenvalue weighted by molar-refractivity contribution is 0.0697. The first-order valence-corrected chi connectivity index (χ1v) is 7.88. The molecule has 0 atom stereocenters. The van der Waals surface area contributed by atoms with E-state index in [1.54, 1.807) is 18.2 Å². The van der Waals surface area contributed by atoms with Gasteiger partial charge in [-0.05, 0) is 49.7 Å². The van der Waals surface area contributed by atoms with Gasteiger partial charge in [0.05, 0.1) is 16.8 Å². The Kier molecular flexibility index (Phi) is 3.39. The number of benzene rings is 2. The van der Waals surface area contributed by atoms with Crippen molar-refractivity contribution in [3.8, 4) is 0 Å². The zero-order valence-corrected chi connectivity index (χ0v) is 13.8. The fourth-order valence-corrected chi connectivity index (χ4v) is 2.90. The number of imidazole rings is 1. The number of aromatic nitrogens is 3. The van der Waals surface area contributed by atoms with Crippen LogP contribution < -0.4 is 5.32 Å². The number of hydrogen-bond donors (Lipinski definition) is 2. The molecule has 0 spiro atoms. The van der Waals surface area contributed by atoms with Crippen LogP contribution in [0.25, 0.3) is 16.6 Å². The minimum Gasteiger partial charge on any atom is -0.478 e. The van der Waals surface area contributed by atoms with Gasteiger partial charge in [-0.3, -0.25) is 4.40 Å². The van der Waals surface area contributed by atoms with Crippen LogP contribution in [0.5, 0.6) is 0 Å². The quantitative estimate of drug-likeness (QED) is 0.594. The lowest BCUT2D eigenvalue weighted by atomic mass is 10.1. The van der Waals surface area contributed by atoms with Crippen LogP contribution >= 0.6 is 0 Å². The third-order valence-corrected chi connectivity index (χ3v) is 4.04. The second-order valence-electron chi connectivity index (χ2n) is 6.04. The van der Waals surface area contributed by atoms with Gasteiger partial charge < -0.3 is 10.4 Å². The molecule has 0 saturated heterocycles. The predicted octanol–water partition coefficient (Wildman–Crippen LogP) is 3.94. The van der Waals surface area contributed by atoms with Crippen LogP contribution in [-0.4, -0.2) is 25.4 Å². The third kappa shape index (κ3) is 2.67. The maximum atomic E-state index is 11.3. The summed E-state index contributed by atoms with van der Waals surface area (Å²) in [4.78, 5) is 20.5. The number of carboxylic acid groups (broad SMARTS) is 1. The Morgan fingerprint density at radius 2 is 1.96 bits per heavy atom. The van der Waals surface area contributed by atoms with E-state index in [0.29, 0.717) is 11.5 Å². The maximum Gasteiger partial charge on any atom is 0.335 e. The predicted molar refractivity (Wildman–Crippen MR) is 96.7 cm³/mol. The van der Waals surface area contributed by atoms with Crippen molar-refractivity contribution >= 4 is 34.2 Å². The summed E-state index contributed by atoms with van der Waals surface area (Å²) < 4.78 is 1.89. The number of rotatable bonds is 3. The summed E-state index contributed by atoms with van der Waals surface area (Å²) in [5.74, 6) is -0.382. The molecule has 2 aromatic carbocycles. The first-order chi connectivity index (χ1) is 12.0. The van der Waals surface area contributed by atoms with Gasteiger partial charge in [0.2, 0.25) is 5.95 Å². The number of aromatic carboxylic acids is 1. The maximum absolute atomic E-state index is 11.3. The van der Waals surface area contributed by atoms with Crippen LogP contribution in [0.4, 0.5) is 11.6 Å². The molecular formula is C19H16N4O2. The molecule has 0 fully saturated rings. The van der Waals surface area contributed by atoms with Crippen LogP contribution in [0.15, 0.2) is 48.7 Å². The Balaban J connectivity index is 1.95. The van der Waals surface area contributed by atoms with Gasteiger partial charge in [0.15, 0.2) is 0 Å². The standard InChI is InChI=1S/C19H16N4O2/c1-11-4-3-5-14(8-11)21-19-22-16-9-13(18(24)25)6-7-15(16)17-20-12(2)10-23(17)19/h3-10H,1-2H3,(H,21,22)(H,24,25). The van der Waals surface area contributed by atoms with Crippen LogP contribution in [0.2, 0.25) is 0 Å². The average Bonchev–Trinajstić information content (AvgIpc) is 2.96.